The van der Waals surface area contributed by atoms with Crippen molar-refractivity contribution in [2.75, 3.05) is 7.11 Å². The van der Waals surface area contributed by atoms with Gasteiger partial charge in [-0.3, -0.25) is 4.79 Å². The Labute approximate surface area is 131 Å². The molecule has 0 aliphatic heterocycles. The molecule has 1 aliphatic rings. The van der Waals surface area contributed by atoms with Crippen LogP contribution in [-0.2, 0) is 21.2 Å². The summed E-state index contributed by atoms with van der Waals surface area (Å²) in [6.45, 7) is 3.78. The predicted molar refractivity (Wildman–Crippen MR) is 85.1 cm³/mol. The highest BCUT2D eigenvalue weighted by atomic mass is 32.2. The molecule has 22 heavy (non-hydrogen) atoms. The number of carbonyl (C=O) groups excluding carboxylic acids is 1. The van der Waals surface area contributed by atoms with Gasteiger partial charge in [0.15, 0.2) is 0 Å². The maximum Gasteiger partial charge on any atom is 0.212 e. The average molecular weight is 325 g/mol. The Balaban J connectivity index is 2.24. The second-order valence-corrected chi connectivity index (χ2v) is 8.34. The Kier molecular flexibility index (Phi) is 4.63. The molecule has 1 aromatic carbocycles. The zero-order chi connectivity index (χ0) is 16.5. The maximum atomic E-state index is 12.1. The van der Waals surface area contributed by atoms with Gasteiger partial charge in [-0.25, -0.2) is 13.6 Å². The van der Waals surface area contributed by atoms with E-state index < -0.39 is 20.7 Å². The fourth-order valence-corrected chi connectivity index (χ4v) is 4.52. The van der Waals surface area contributed by atoms with Gasteiger partial charge >= 0.3 is 0 Å². The molecule has 0 heterocycles. The highest BCUT2D eigenvalue weighted by molar-refractivity contribution is 7.89. The fraction of sp³-hybridized carbons (Fsp3) is 0.562. The van der Waals surface area contributed by atoms with E-state index >= 15 is 0 Å². The first-order valence-electron chi connectivity index (χ1n) is 7.31. The van der Waals surface area contributed by atoms with Gasteiger partial charge in [0.25, 0.3) is 0 Å². The second-order valence-electron chi connectivity index (χ2n) is 6.60. The molecule has 0 aromatic heterocycles. The van der Waals surface area contributed by atoms with E-state index in [1.54, 1.807) is 19.2 Å². The van der Waals surface area contributed by atoms with Gasteiger partial charge < -0.3 is 4.74 Å². The van der Waals surface area contributed by atoms with E-state index in [-0.39, 0.29) is 11.7 Å². The molecule has 1 unspecified atom stereocenters. The summed E-state index contributed by atoms with van der Waals surface area (Å²) >= 11 is 0. The molecule has 1 fully saturated rings. The summed E-state index contributed by atoms with van der Waals surface area (Å²) in [6, 6.07) is 7.29. The van der Waals surface area contributed by atoms with Gasteiger partial charge in [-0.1, -0.05) is 26.0 Å². The van der Waals surface area contributed by atoms with Crippen molar-refractivity contribution in [1.82, 2.24) is 0 Å². The third kappa shape index (κ3) is 3.50. The highest BCUT2D eigenvalue weighted by Crippen LogP contribution is 2.44. The summed E-state index contributed by atoms with van der Waals surface area (Å²) < 4.78 is 29.3. The minimum Gasteiger partial charge on any atom is -0.497 e. The molecule has 122 valence electrons. The van der Waals surface area contributed by atoms with E-state index in [1.165, 1.54) is 0 Å². The molecular formula is C16H23NO4S. The van der Waals surface area contributed by atoms with Crippen molar-refractivity contribution in [3.05, 3.63) is 29.8 Å². The van der Waals surface area contributed by atoms with Crippen molar-refractivity contribution in [2.45, 2.75) is 38.4 Å². The number of ether oxygens (including phenoxy) is 1. The molecule has 2 N–H and O–H groups in total. The largest absolute Gasteiger partial charge is 0.497 e. The summed E-state index contributed by atoms with van der Waals surface area (Å²) in [4.78, 5) is 11.3. The van der Waals surface area contributed by atoms with E-state index in [0.29, 0.717) is 19.3 Å². The van der Waals surface area contributed by atoms with Gasteiger partial charge in [0.05, 0.1) is 12.4 Å². The molecule has 1 aromatic rings. The number of rotatable bonds is 6. The lowest BCUT2D eigenvalue weighted by Crippen LogP contribution is -2.50. The molecule has 1 aliphatic carbocycles. The lowest BCUT2D eigenvalue weighted by atomic mass is 9.64. The van der Waals surface area contributed by atoms with Gasteiger partial charge in [-0.2, -0.15) is 0 Å². The highest BCUT2D eigenvalue weighted by Gasteiger charge is 2.47. The number of nitrogens with two attached hydrogens (primary N) is 1. The summed E-state index contributed by atoms with van der Waals surface area (Å²) in [5, 5.41) is 4.77. The summed E-state index contributed by atoms with van der Waals surface area (Å²) in [7, 11) is -2.14. The van der Waals surface area contributed by atoms with Gasteiger partial charge in [0.1, 0.15) is 11.5 Å². The van der Waals surface area contributed by atoms with Crippen LogP contribution in [0.15, 0.2) is 24.3 Å². The molecule has 0 bridgehead atoms. The molecule has 1 atom stereocenters. The number of carbonyl (C=O) groups is 1. The Morgan fingerprint density at radius 1 is 1.27 bits per heavy atom. The van der Waals surface area contributed by atoms with Crippen LogP contribution >= 0.6 is 0 Å². The molecule has 0 saturated heterocycles. The van der Waals surface area contributed by atoms with Crippen LogP contribution in [0.3, 0.4) is 0 Å². The Morgan fingerprint density at radius 3 is 2.23 bits per heavy atom. The quantitative estimate of drug-likeness (QED) is 0.865. The molecular weight excluding hydrogens is 302 g/mol. The van der Waals surface area contributed by atoms with Crippen LogP contribution in [0.5, 0.6) is 5.75 Å². The minimum atomic E-state index is -3.72. The van der Waals surface area contributed by atoms with Crippen LogP contribution in [0.2, 0.25) is 0 Å². The summed E-state index contributed by atoms with van der Waals surface area (Å²) in [6.07, 6.45) is 1.23. The number of benzene rings is 1. The molecule has 0 radical (unpaired) electrons. The van der Waals surface area contributed by atoms with Crippen molar-refractivity contribution < 1.29 is 17.9 Å². The van der Waals surface area contributed by atoms with Crippen LogP contribution in [0.1, 0.15) is 32.3 Å². The van der Waals surface area contributed by atoms with Gasteiger partial charge in [-0.05, 0) is 35.4 Å². The first kappa shape index (κ1) is 17.0. The molecule has 1 saturated carbocycles. The fourth-order valence-electron chi connectivity index (χ4n) is 3.06. The van der Waals surface area contributed by atoms with E-state index in [2.05, 4.69) is 0 Å². The number of Topliss-reactive ketones (excluding diaryl/α,β-unsaturated/α-hetero) is 1. The number of methoxy groups -OCH3 is 1. The van der Waals surface area contributed by atoms with Gasteiger partial charge in [-0.15, -0.1) is 0 Å². The van der Waals surface area contributed by atoms with Crippen molar-refractivity contribution in [2.24, 2.45) is 16.5 Å². The van der Waals surface area contributed by atoms with Gasteiger partial charge in [0, 0.05) is 12.8 Å². The van der Waals surface area contributed by atoms with Crippen LogP contribution < -0.4 is 9.88 Å². The zero-order valence-corrected chi connectivity index (χ0v) is 14.0. The van der Waals surface area contributed by atoms with Crippen molar-refractivity contribution in [3.63, 3.8) is 0 Å². The van der Waals surface area contributed by atoms with Crippen LogP contribution in [0.4, 0.5) is 0 Å². The molecule has 5 nitrogen and oxygen atoms in total. The van der Waals surface area contributed by atoms with Crippen molar-refractivity contribution in [1.29, 1.82) is 0 Å². The summed E-state index contributed by atoms with van der Waals surface area (Å²) in [5.74, 6) is 0.983. The van der Waals surface area contributed by atoms with E-state index in [9.17, 15) is 13.2 Å². The Morgan fingerprint density at radius 2 is 1.82 bits per heavy atom. The average Bonchev–Trinajstić information content (AvgIpc) is 2.40. The molecule has 0 amide bonds. The minimum absolute atomic E-state index is 0.0709. The SMILES string of the molecule is COc1ccc(CC(C(C)(C)C2CC(=O)C2)S(N)(=O)=O)cc1. The molecule has 6 heteroatoms. The molecule has 0 spiro atoms. The lowest BCUT2D eigenvalue weighted by molar-refractivity contribution is -0.130. The Hall–Kier alpha value is -1.40. The van der Waals surface area contributed by atoms with Crippen LogP contribution in [-0.4, -0.2) is 26.6 Å². The second kappa shape index (κ2) is 6.01. The Bertz CT molecular complexity index is 641. The third-order valence-electron chi connectivity index (χ3n) is 4.81. The standard InChI is InChI=1S/C16H23NO4S/c1-16(2,12-9-13(18)10-12)15(22(17,19)20)8-11-4-6-14(21-3)7-5-11/h4-7,12,15H,8-10H2,1-3H3,(H2,17,19,20). The first-order chi connectivity index (χ1) is 10.1. The van der Waals surface area contributed by atoms with E-state index in [0.717, 1.165) is 11.3 Å². The smallest absolute Gasteiger partial charge is 0.212 e. The maximum absolute atomic E-state index is 12.1. The topological polar surface area (TPSA) is 86.5 Å². The van der Waals surface area contributed by atoms with E-state index in [1.807, 2.05) is 26.0 Å². The van der Waals surface area contributed by atoms with Crippen molar-refractivity contribution in [3.8, 4) is 5.75 Å². The first-order valence-corrected chi connectivity index (χ1v) is 8.91. The normalized spacial score (nSPS) is 17.9. The number of hydrogen-bond donors (Lipinski definition) is 1. The van der Waals surface area contributed by atoms with Crippen LogP contribution in [0, 0.1) is 11.3 Å². The number of hydrogen-bond acceptors (Lipinski definition) is 4. The third-order valence-corrected chi connectivity index (χ3v) is 6.37. The monoisotopic (exact) mass is 325 g/mol. The van der Waals surface area contributed by atoms with Gasteiger partial charge in [0.2, 0.25) is 10.0 Å². The molecule has 2 rings (SSSR count). The van der Waals surface area contributed by atoms with Crippen LogP contribution in [0.25, 0.3) is 0 Å². The number of primary sulfonamides is 1. The number of sulfonamides is 1. The summed E-state index contributed by atoms with van der Waals surface area (Å²) in [5.41, 5.74) is 0.347. The predicted octanol–water partition coefficient (Wildman–Crippen LogP) is 1.90. The zero-order valence-electron chi connectivity index (χ0n) is 13.2. The number of ketones is 1. The van der Waals surface area contributed by atoms with Crippen molar-refractivity contribution >= 4 is 15.8 Å². The van der Waals surface area contributed by atoms with E-state index in [4.69, 9.17) is 9.88 Å². The lowest BCUT2D eigenvalue weighted by Gasteiger charge is -2.43.